The highest BCUT2D eigenvalue weighted by Crippen LogP contribution is 2.30. The Kier molecular flexibility index (Phi) is 4.27. The molecule has 3 N–H and O–H groups in total. The van der Waals surface area contributed by atoms with E-state index in [2.05, 4.69) is 12.2 Å². The molecule has 2 nitrogen and oxygen atoms in total. The molecule has 19 heavy (non-hydrogen) atoms. The smallest absolute Gasteiger partial charge is 0.143 e. The van der Waals surface area contributed by atoms with Crippen LogP contribution in [0.5, 0.6) is 0 Å². The summed E-state index contributed by atoms with van der Waals surface area (Å²) in [5, 5.41) is 3.37. The molecule has 0 radical (unpaired) electrons. The Morgan fingerprint density at radius 2 is 1.95 bits per heavy atom. The molecule has 0 aromatic heterocycles. The second kappa shape index (κ2) is 5.93. The van der Waals surface area contributed by atoms with Crippen molar-refractivity contribution in [3.8, 4) is 0 Å². The van der Waals surface area contributed by atoms with Gasteiger partial charge in [0.2, 0.25) is 0 Å². The van der Waals surface area contributed by atoms with Crippen molar-refractivity contribution in [2.45, 2.75) is 19.4 Å². The second-order valence-electron chi connectivity index (χ2n) is 4.37. The molecule has 0 saturated heterocycles. The number of rotatable bonds is 4. The number of hydrogen-bond acceptors (Lipinski definition) is 2. The minimum atomic E-state index is -0.502. The fraction of sp³-hybridized carbons (Fsp3) is 0.200. The van der Waals surface area contributed by atoms with Gasteiger partial charge in [0.1, 0.15) is 5.82 Å². The Labute approximate surface area is 117 Å². The maximum absolute atomic E-state index is 13.3. The molecule has 0 aliphatic rings. The molecule has 1 unspecified atom stereocenters. The van der Waals surface area contributed by atoms with Crippen LogP contribution in [-0.2, 0) is 0 Å². The molecule has 1 atom stereocenters. The van der Waals surface area contributed by atoms with Gasteiger partial charge >= 0.3 is 0 Å². The zero-order valence-electron chi connectivity index (χ0n) is 10.7. The largest absolute Gasteiger partial charge is 0.397 e. The van der Waals surface area contributed by atoms with Crippen LogP contribution in [0.1, 0.15) is 24.9 Å². The van der Waals surface area contributed by atoms with Gasteiger partial charge < -0.3 is 11.1 Å². The number of hydrogen-bond donors (Lipinski definition) is 2. The maximum Gasteiger partial charge on any atom is 0.143 e. The van der Waals surface area contributed by atoms with Crippen LogP contribution in [-0.4, -0.2) is 0 Å². The highest BCUT2D eigenvalue weighted by Gasteiger charge is 2.12. The summed E-state index contributed by atoms with van der Waals surface area (Å²) >= 11 is 5.79. The van der Waals surface area contributed by atoms with Crippen LogP contribution in [0.4, 0.5) is 15.8 Å². The van der Waals surface area contributed by atoms with Gasteiger partial charge in [0.05, 0.1) is 22.4 Å². The van der Waals surface area contributed by atoms with Crippen LogP contribution in [0.3, 0.4) is 0 Å². The molecule has 0 fully saturated rings. The Hall–Kier alpha value is -1.74. The Bertz CT molecular complexity index is 558. The molecule has 0 spiro atoms. The number of halogens is 2. The van der Waals surface area contributed by atoms with E-state index in [0.717, 1.165) is 12.0 Å². The van der Waals surface area contributed by atoms with E-state index in [1.807, 2.05) is 30.3 Å². The summed E-state index contributed by atoms with van der Waals surface area (Å²) in [6.45, 7) is 2.08. The highest BCUT2D eigenvalue weighted by atomic mass is 35.5. The third kappa shape index (κ3) is 3.18. The summed E-state index contributed by atoms with van der Waals surface area (Å²) in [7, 11) is 0. The fourth-order valence-corrected chi connectivity index (χ4v) is 2.15. The lowest BCUT2D eigenvalue weighted by Gasteiger charge is -2.20. The number of nitrogens with two attached hydrogens (primary N) is 1. The standard InChI is InChI=1S/C15H16ClFN2/c1-2-14(10-6-4-3-5-7-10)19-15-8-11(16)12(17)9-13(15)18/h3-9,14,19H,2,18H2,1H3. The van der Waals surface area contributed by atoms with E-state index in [9.17, 15) is 4.39 Å². The van der Waals surface area contributed by atoms with E-state index in [1.54, 1.807) is 0 Å². The quantitative estimate of drug-likeness (QED) is 0.801. The minimum Gasteiger partial charge on any atom is -0.397 e. The lowest BCUT2D eigenvalue weighted by Crippen LogP contribution is -2.11. The van der Waals surface area contributed by atoms with Crippen LogP contribution in [0.2, 0.25) is 5.02 Å². The van der Waals surface area contributed by atoms with E-state index < -0.39 is 5.82 Å². The average Bonchev–Trinajstić information content (AvgIpc) is 2.42. The fourth-order valence-electron chi connectivity index (χ4n) is 1.98. The second-order valence-corrected chi connectivity index (χ2v) is 4.78. The van der Waals surface area contributed by atoms with Crippen molar-refractivity contribution >= 4 is 23.0 Å². The van der Waals surface area contributed by atoms with Crippen LogP contribution in [0.25, 0.3) is 0 Å². The van der Waals surface area contributed by atoms with Crippen molar-refractivity contribution in [1.29, 1.82) is 0 Å². The van der Waals surface area contributed by atoms with Gasteiger partial charge in [0.15, 0.2) is 0 Å². The summed E-state index contributed by atoms with van der Waals surface area (Å²) in [4.78, 5) is 0. The van der Waals surface area contributed by atoms with Crippen LogP contribution >= 0.6 is 11.6 Å². The average molecular weight is 279 g/mol. The molecule has 0 saturated carbocycles. The Morgan fingerprint density at radius 1 is 1.26 bits per heavy atom. The Morgan fingerprint density at radius 3 is 2.58 bits per heavy atom. The van der Waals surface area contributed by atoms with Gasteiger partial charge in [-0.25, -0.2) is 4.39 Å². The first-order valence-corrected chi connectivity index (χ1v) is 6.55. The van der Waals surface area contributed by atoms with E-state index in [4.69, 9.17) is 17.3 Å². The molecular formula is C15H16ClFN2. The van der Waals surface area contributed by atoms with Crippen LogP contribution in [0.15, 0.2) is 42.5 Å². The summed E-state index contributed by atoms with van der Waals surface area (Å²) in [6.07, 6.45) is 0.887. The molecule has 0 bridgehead atoms. The number of anilines is 2. The van der Waals surface area contributed by atoms with Gasteiger partial charge in [0.25, 0.3) is 0 Å². The van der Waals surface area contributed by atoms with Crippen molar-refractivity contribution in [2.75, 3.05) is 11.1 Å². The SMILES string of the molecule is CCC(Nc1cc(Cl)c(F)cc1N)c1ccccc1. The van der Waals surface area contributed by atoms with Gasteiger partial charge in [-0.1, -0.05) is 48.9 Å². The first kappa shape index (κ1) is 13.7. The molecule has 2 rings (SSSR count). The maximum atomic E-state index is 13.3. The first-order chi connectivity index (χ1) is 9.11. The molecule has 2 aromatic carbocycles. The summed E-state index contributed by atoms with van der Waals surface area (Å²) in [6, 6.07) is 12.9. The monoisotopic (exact) mass is 278 g/mol. The molecule has 0 aliphatic carbocycles. The molecule has 0 aliphatic heterocycles. The summed E-state index contributed by atoms with van der Waals surface area (Å²) < 4.78 is 13.3. The molecular weight excluding hydrogens is 263 g/mol. The van der Waals surface area contributed by atoms with Crippen molar-refractivity contribution in [3.63, 3.8) is 0 Å². The van der Waals surface area contributed by atoms with E-state index in [0.29, 0.717) is 11.4 Å². The first-order valence-electron chi connectivity index (χ1n) is 6.17. The van der Waals surface area contributed by atoms with Gasteiger partial charge in [-0.15, -0.1) is 0 Å². The van der Waals surface area contributed by atoms with Gasteiger partial charge in [0, 0.05) is 6.07 Å². The molecule has 0 amide bonds. The van der Waals surface area contributed by atoms with E-state index >= 15 is 0 Å². The number of benzene rings is 2. The van der Waals surface area contributed by atoms with Crippen molar-refractivity contribution < 1.29 is 4.39 Å². The third-order valence-corrected chi connectivity index (χ3v) is 3.32. The minimum absolute atomic E-state index is 0.0691. The predicted octanol–water partition coefficient (Wildman–Crippen LogP) is 4.62. The highest BCUT2D eigenvalue weighted by molar-refractivity contribution is 6.31. The normalized spacial score (nSPS) is 12.2. The van der Waals surface area contributed by atoms with E-state index in [1.165, 1.54) is 12.1 Å². The lowest BCUT2D eigenvalue weighted by atomic mass is 10.0. The molecule has 0 heterocycles. The topological polar surface area (TPSA) is 38.0 Å². The summed E-state index contributed by atoms with van der Waals surface area (Å²) in [5.74, 6) is -0.502. The number of nitrogen functional groups attached to an aromatic ring is 1. The van der Waals surface area contributed by atoms with Crippen LogP contribution in [0, 0.1) is 5.82 Å². The predicted molar refractivity (Wildman–Crippen MR) is 78.9 cm³/mol. The number of nitrogens with one attached hydrogen (secondary N) is 1. The molecule has 2 aromatic rings. The zero-order chi connectivity index (χ0) is 13.8. The van der Waals surface area contributed by atoms with Crippen molar-refractivity contribution in [2.24, 2.45) is 0 Å². The van der Waals surface area contributed by atoms with Gasteiger partial charge in [-0.2, -0.15) is 0 Å². The molecule has 4 heteroatoms. The summed E-state index contributed by atoms with van der Waals surface area (Å²) in [5.41, 5.74) is 7.98. The molecule has 100 valence electrons. The lowest BCUT2D eigenvalue weighted by molar-refractivity contribution is 0.629. The van der Waals surface area contributed by atoms with Crippen molar-refractivity contribution in [3.05, 3.63) is 58.9 Å². The van der Waals surface area contributed by atoms with E-state index in [-0.39, 0.29) is 11.1 Å². The van der Waals surface area contributed by atoms with Gasteiger partial charge in [-0.3, -0.25) is 0 Å². The van der Waals surface area contributed by atoms with Crippen LogP contribution < -0.4 is 11.1 Å². The Balaban J connectivity index is 2.26. The third-order valence-electron chi connectivity index (χ3n) is 3.03. The van der Waals surface area contributed by atoms with Crippen molar-refractivity contribution in [1.82, 2.24) is 0 Å². The zero-order valence-corrected chi connectivity index (χ0v) is 11.4. The van der Waals surface area contributed by atoms with Gasteiger partial charge in [-0.05, 0) is 18.1 Å².